The van der Waals surface area contributed by atoms with E-state index in [0.29, 0.717) is 12.5 Å². The van der Waals surface area contributed by atoms with E-state index in [9.17, 15) is 4.39 Å². The lowest BCUT2D eigenvalue weighted by Gasteiger charge is -2.24. The molecule has 0 spiro atoms. The van der Waals surface area contributed by atoms with Crippen LogP contribution in [0, 0.1) is 17.1 Å². The van der Waals surface area contributed by atoms with Gasteiger partial charge in [-0.1, -0.05) is 12.1 Å². The van der Waals surface area contributed by atoms with Gasteiger partial charge in [-0.2, -0.15) is 5.26 Å². The van der Waals surface area contributed by atoms with Gasteiger partial charge < -0.3 is 0 Å². The maximum absolute atomic E-state index is 12.9. The van der Waals surface area contributed by atoms with Gasteiger partial charge in [-0.15, -0.1) is 0 Å². The van der Waals surface area contributed by atoms with Crippen molar-refractivity contribution in [3.63, 3.8) is 0 Å². The lowest BCUT2D eigenvalue weighted by atomic mass is 10.0. The van der Waals surface area contributed by atoms with Crippen molar-refractivity contribution in [2.24, 2.45) is 0 Å². The van der Waals surface area contributed by atoms with Gasteiger partial charge in [0.15, 0.2) is 0 Å². The van der Waals surface area contributed by atoms with Crippen molar-refractivity contribution in [2.75, 3.05) is 13.1 Å². The molecule has 1 aliphatic heterocycles. The van der Waals surface area contributed by atoms with E-state index in [2.05, 4.69) is 11.0 Å². The van der Waals surface area contributed by atoms with Crippen molar-refractivity contribution in [1.82, 2.24) is 4.90 Å². The van der Waals surface area contributed by atoms with Crippen molar-refractivity contribution in [1.29, 1.82) is 5.26 Å². The van der Waals surface area contributed by atoms with Gasteiger partial charge in [-0.25, -0.2) is 4.39 Å². The highest BCUT2D eigenvalue weighted by atomic mass is 19.1. The number of halogens is 1. The van der Waals surface area contributed by atoms with Crippen molar-refractivity contribution >= 4 is 0 Å². The fourth-order valence-electron chi connectivity index (χ4n) is 2.52. The standard InChI is InChI=1S/C14H17FN2/c15-13-7-5-12(6-8-13)14-4-3-11-17(14)10-2-1-9-16/h5-8,14H,1-4,10-11H2. The molecule has 1 saturated heterocycles. The van der Waals surface area contributed by atoms with Crippen molar-refractivity contribution in [3.8, 4) is 6.07 Å². The maximum atomic E-state index is 12.9. The summed E-state index contributed by atoms with van der Waals surface area (Å²) in [5.74, 6) is -0.178. The first kappa shape index (κ1) is 12.1. The second-order valence-corrected chi connectivity index (χ2v) is 4.51. The molecule has 1 unspecified atom stereocenters. The average molecular weight is 232 g/mol. The summed E-state index contributed by atoms with van der Waals surface area (Å²) in [5.41, 5.74) is 1.20. The monoisotopic (exact) mass is 232 g/mol. The van der Waals surface area contributed by atoms with E-state index < -0.39 is 0 Å². The minimum absolute atomic E-state index is 0.178. The minimum Gasteiger partial charge on any atom is -0.296 e. The molecule has 1 fully saturated rings. The first-order chi connectivity index (χ1) is 8.31. The molecule has 1 aliphatic rings. The van der Waals surface area contributed by atoms with Gasteiger partial charge >= 0.3 is 0 Å². The lowest BCUT2D eigenvalue weighted by Crippen LogP contribution is -2.24. The molecule has 2 nitrogen and oxygen atoms in total. The van der Waals surface area contributed by atoms with E-state index >= 15 is 0 Å². The van der Waals surface area contributed by atoms with Crippen LogP contribution in [0.15, 0.2) is 24.3 Å². The Kier molecular flexibility index (Phi) is 4.11. The van der Waals surface area contributed by atoms with Gasteiger partial charge in [0.2, 0.25) is 0 Å². The van der Waals surface area contributed by atoms with E-state index in [4.69, 9.17) is 5.26 Å². The number of benzene rings is 1. The molecule has 90 valence electrons. The van der Waals surface area contributed by atoms with Crippen LogP contribution in [0.25, 0.3) is 0 Å². The predicted molar refractivity (Wildman–Crippen MR) is 64.8 cm³/mol. The largest absolute Gasteiger partial charge is 0.296 e. The molecule has 0 amide bonds. The second kappa shape index (κ2) is 5.79. The molecule has 0 radical (unpaired) electrons. The van der Waals surface area contributed by atoms with E-state index in [0.717, 1.165) is 25.9 Å². The highest BCUT2D eigenvalue weighted by Crippen LogP contribution is 2.31. The summed E-state index contributed by atoms with van der Waals surface area (Å²) >= 11 is 0. The van der Waals surface area contributed by atoms with Crippen LogP contribution in [-0.2, 0) is 0 Å². The van der Waals surface area contributed by atoms with Gasteiger partial charge in [0.25, 0.3) is 0 Å². The van der Waals surface area contributed by atoms with Gasteiger partial charge in [0, 0.05) is 12.5 Å². The molecule has 3 heteroatoms. The Hall–Kier alpha value is -1.40. The first-order valence-corrected chi connectivity index (χ1v) is 6.18. The smallest absolute Gasteiger partial charge is 0.123 e. The number of hydrogen-bond acceptors (Lipinski definition) is 2. The highest BCUT2D eigenvalue weighted by molar-refractivity contribution is 5.20. The van der Waals surface area contributed by atoms with E-state index in [-0.39, 0.29) is 5.82 Å². The maximum Gasteiger partial charge on any atom is 0.123 e. The number of nitrogens with zero attached hydrogens (tertiary/aromatic N) is 2. The number of likely N-dealkylation sites (tertiary alicyclic amines) is 1. The minimum atomic E-state index is -0.178. The van der Waals surface area contributed by atoms with E-state index in [1.807, 2.05) is 12.1 Å². The number of rotatable bonds is 4. The summed E-state index contributed by atoms with van der Waals surface area (Å²) < 4.78 is 12.9. The lowest BCUT2D eigenvalue weighted by molar-refractivity contribution is 0.255. The molecule has 0 bridgehead atoms. The molecular weight excluding hydrogens is 215 g/mol. The molecule has 17 heavy (non-hydrogen) atoms. The predicted octanol–water partition coefficient (Wildman–Crippen LogP) is 3.27. The molecule has 0 aromatic heterocycles. The van der Waals surface area contributed by atoms with Crippen LogP contribution in [-0.4, -0.2) is 18.0 Å². The number of nitriles is 1. The van der Waals surface area contributed by atoms with Crippen molar-refractivity contribution in [2.45, 2.75) is 31.7 Å². The summed E-state index contributed by atoms with van der Waals surface area (Å²) in [4.78, 5) is 2.41. The van der Waals surface area contributed by atoms with Crippen LogP contribution in [0.3, 0.4) is 0 Å². The Bertz CT molecular complexity index is 394. The Morgan fingerprint density at radius 3 is 2.82 bits per heavy atom. The van der Waals surface area contributed by atoms with Crippen LogP contribution in [0.2, 0.25) is 0 Å². The quantitative estimate of drug-likeness (QED) is 0.745. The summed E-state index contributed by atoms with van der Waals surface area (Å²) in [5, 5.41) is 8.54. The first-order valence-electron chi connectivity index (χ1n) is 6.18. The second-order valence-electron chi connectivity index (χ2n) is 4.51. The van der Waals surface area contributed by atoms with Gasteiger partial charge in [-0.05, 0) is 50.0 Å². The van der Waals surface area contributed by atoms with Gasteiger partial charge in [0.05, 0.1) is 6.07 Å². The summed E-state index contributed by atoms with van der Waals surface area (Å²) in [6, 6.07) is 9.40. The van der Waals surface area contributed by atoms with Crippen molar-refractivity contribution in [3.05, 3.63) is 35.6 Å². The Labute approximate surface area is 102 Å². The van der Waals surface area contributed by atoms with Crippen LogP contribution < -0.4 is 0 Å². The highest BCUT2D eigenvalue weighted by Gasteiger charge is 2.25. The third kappa shape index (κ3) is 3.04. The zero-order valence-corrected chi connectivity index (χ0v) is 9.90. The molecule has 2 rings (SSSR count). The van der Waals surface area contributed by atoms with Gasteiger partial charge in [-0.3, -0.25) is 4.90 Å². The van der Waals surface area contributed by atoms with Crippen LogP contribution in [0.5, 0.6) is 0 Å². The summed E-state index contributed by atoms with van der Waals surface area (Å²) in [6.45, 7) is 2.06. The SMILES string of the molecule is N#CCCCN1CCCC1c1ccc(F)cc1. The average Bonchev–Trinajstić information content (AvgIpc) is 2.79. The molecule has 0 N–H and O–H groups in total. The normalized spacial score (nSPS) is 20.4. The Morgan fingerprint density at radius 2 is 2.12 bits per heavy atom. The van der Waals surface area contributed by atoms with E-state index in [1.165, 1.54) is 24.1 Å². The van der Waals surface area contributed by atoms with Gasteiger partial charge in [0.1, 0.15) is 5.82 Å². The molecule has 1 aromatic carbocycles. The molecule has 0 aliphatic carbocycles. The fourth-order valence-corrected chi connectivity index (χ4v) is 2.52. The third-order valence-corrected chi connectivity index (χ3v) is 3.35. The van der Waals surface area contributed by atoms with Crippen LogP contribution >= 0.6 is 0 Å². The molecule has 1 aromatic rings. The Balaban J connectivity index is 1.99. The topological polar surface area (TPSA) is 27.0 Å². The number of unbranched alkanes of at least 4 members (excludes halogenated alkanes) is 1. The number of hydrogen-bond donors (Lipinski definition) is 0. The van der Waals surface area contributed by atoms with Crippen LogP contribution in [0.4, 0.5) is 4.39 Å². The Morgan fingerprint density at radius 1 is 1.35 bits per heavy atom. The molecule has 1 atom stereocenters. The third-order valence-electron chi connectivity index (χ3n) is 3.35. The summed E-state index contributed by atoms with van der Waals surface area (Å²) in [6.07, 6.45) is 3.87. The molecule has 0 saturated carbocycles. The zero-order chi connectivity index (χ0) is 12.1. The fraction of sp³-hybridized carbons (Fsp3) is 0.500. The van der Waals surface area contributed by atoms with Crippen molar-refractivity contribution < 1.29 is 4.39 Å². The molecular formula is C14H17FN2. The van der Waals surface area contributed by atoms with Crippen LogP contribution in [0.1, 0.15) is 37.3 Å². The zero-order valence-electron chi connectivity index (χ0n) is 9.90. The summed E-state index contributed by atoms with van der Waals surface area (Å²) in [7, 11) is 0. The van der Waals surface area contributed by atoms with E-state index in [1.54, 1.807) is 0 Å². The molecule has 1 heterocycles.